The highest BCUT2D eigenvalue weighted by atomic mass is 16.6. The molecule has 2 aliphatic rings. The maximum absolute atomic E-state index is 13.0. The molecule has 160 valence electrons. The molecule has 31 heavy (non-hydrogen) atoms. The zero-order valence-corrected chi connectivity index (χ0v) is 17.0. The van der Waals surface area contributed by atoms with E-state index in [1.807, 2.05) is 31.2 Å². The second-order valence-corrected chi connectivity index (χ2v) is 7.80. The third-order valence-corrected chi connectivity index (χ3v) is 5.67. The first-order chi connectivity index (χ1) is 14.9. The van der Waals surface area contributed by atoms with Crippen LogP contribution in [-0.2, 0) is 14.3 Å². The highest BCUT2D eigenvalue weighted by Gasteiger charge is 2.47. The minimum absolute atomic E-state index is 0.0255. The number of carbonyl (C=O) groups excluding carboxylic acids is 2. The van der Waals surface area contributed by atoms with Crippen LogP contribution in [0.3, 0.4) is 0 Å². The summed E-state index contributed by atoms with van der Waals surface area (Å²) in [4.78, 5) is 37.8. The first kappa shape index (κ1) is 20.7. The van der Waals surface area contributed by atoms with Gasteiger partial charge in [-0.25, -0.2) is 0 Å². The number of benzene rings is 2. The van der Waals surface area contributed by atoms with E-state index in [4.69, 9.17) is 4.74 Å². The molecular formula is C23H22N2O6. The fraction of sp³-hybridized carbons (Fsp3) is 0.304. The molecule has 0 radical (unpaired) electrons. The van der Waals surface area contributed by atoms with Gasteiger partial charge in [-0.1, -0.05) is 29.8 Å². The van der Waals surface area contributed by atoms with Crippen molar-refractivity contribution >= 4 is 23.1 Å². The summed E-state index contributed by atoms with van der Waals surface area (Å²) in [6, 6.07) is 11.9. The maximum atomic E-state index is 13.0. The van der Waals surface area contributed by atoms with E-state index in [0.717, 1.165) is 18.4 Å². The third kappa shape index (κ3) is 3.94. The van der Waals surface area contributed by atoms with E-state index in [2.05, 4.69) is 0 Å². The van der Waals surface area contributed by atoms with Gasteiger partial charge in [-0.2, -0.15) is 0 Å². The summed E-state index contributed by atoms with van der Waals surface area (Å²) in [7, 11) is 0. The van der Waals surface area contributed by atoms with Crippen molar-refractivity contribution in [2.45, 2.75) is 31.9 Å². The fourth-order valence-electron chi connectivity index (χ4n) is 4.16. The quantitative estimate of drug-likeness (QED) is 0.260. The molecule has 2 saturated heterocycles. The number of ketones is 1. The smallest absolute Gasteiger partial charge is 0.295 e. The Labute approximate surface area is 178 Å². The number of hydrogen-bond donors (Lipinski definition) is 1. The molecular weight excluding hydrogens is 400 g/mol. The Balaban J connectivity index is 1.81. The Kier molecular flexibility index (Phi) is 5.56. The maximum Gasteiger partial charge on any atom is 0.295 e. The van der Waals surface area contributed by atoms with Crippen LogP contribution in [0.4, 0.5) is 5.69 Å². The Morgan fingerprint density at radius 3 is 2.58 bits per heavy atom. The van der Waals surface area contributed by atoms with Gasteiger partial charge < -0.3 is 14.7 Å². The monoisotopic (exact) mass is 422 g/mol. The van der Waals surface area contributed by atoms with Crippen molar-refractivity contribution in [3.05, 3.63) is 80.9 Å². The van der Waals surface area contributed by atoms with Gasteiger partial charge in [0.05, 0.1) is 22.6 Å². The summed E-state index contributed by atoms with van der Waals surface area (Å²) in [6.45, 7) is 2.78. The average molecular weight is 422 g/mol. The summed E-state index contributed by atoms with van der Waals surface area (Å²) >= 11 is 0. The van der Waals surface area contributed by atoms with Gasteiger partial charge in [-0.05, 0) is 37.5 Å². The van der Waals surface area contributed by atoms with Crippen LogP contribution in [0.25, 0.3) is 5.76 Å². The number of aliphatic hydroxyl groups excluding tert-OH is 1. The van der Waals surface area contributed by atoms with Crippen molar-refractivity contribution in [2.24, 2.45) is 0 Å². The summed E-state index contributed by atoms with van der Waals surface area (Å²) in [5, 5.41) is 21.9. The fourth-order valence-corrected chi connectivity index (χ4v) is 4.16. The van der Waals surface area contributed by atoms with Crippen LogP contribution in [0.2, 0.25) is 0 Å². The number of Topliss-reactive ketones (excluding diaryl/α,β-unsaturated/α-hetero) is 1. The van der Waals surface area contributed by atoms with E-state index in [-0.39, 0.29) is 35.2 Å². The predicted molar refractivity (Wildman–Crippen MR) is 112 cm³/mol. The van der Waals surface area contributed by atoms with Crippen molar-refractivity contribution < 1.29 is 24.4 Å². The van der Waals surface area contributed by atoms with Gasteiger partial charge in [0.2, 0.25) is 0 Å². The molecule has 2 heterocycles. The van der Waals surface area contributed by atoms with Gasteiger partial charge in [0.15, 0.2) is 0 Å². The van der Waals surface area contributed by atoms with Crippen molar-refractivity contribution in [3.63, 3.8) is 0 Å². The van der Waals surface area contributed by atoms with Crippen LogP contribution in [0.5, 0.6) is 0 Å². The number of aryl methyl sites for hydroxylation is 1. The lowest BCUT2D eigenvalue weighted by molar-refractivity contribution is -0.384. The Morgan fingerprint density at radius 2 is 1.97 bits per heavy atom. The number of ether oxygens (including phenoxy) is 1. The molecule has 0 aromatic heterocycles. The predicted octanol–water partition coefficient (Wildman–Crippen LogP) is 3.50. The second kappa shape index (κ2) is 8.31. The summed E-state index contributed by atoms with van der Waals surface area (Å²) in [6.07, 6.45) is 1.53. The molecule has 0 saturated carbocycles. The van der Waals surface area contributed by atoms with Gasteiger partial charge in [0, 0.05) is 30.8 Å². The number of likely N-dealkylation sites (tertiary alicyclic amines) is 1. The lowest BCUT2D eigenvalue weighted by Gasteiger charge is -2.27. The number of nitro benzene ring substituents is 1. The molecule has 2 fully saturated rings. The summed E-state index contributed by atoms with van der Waals surface area (Å²) in [5.74, 6) is -1.82. The molecule has 8 nitrogen and oxygen atoms in total. The lowest BCUT2D eigenvalue weighted by atomic mass is 9.94. The second-order valence-electron chi connectivity index (χ2n) is 7.80. The van der Waals surface area contributed by atoms with Gasteiger partial charge in [-0.3, -0.25) is 19.7 Å². The third-order valence-electron chi connectivity index (χ3n) is 5.67. The van der Waals surface area contributed by atoms with Crippen molar-refractivity contribution in [1.29, 1.82) is 0 Å². The number of rotatable bonds is 5. The van der Waals surface area contributed by atoms with E-state index in [1.165, 1.54) is 29.2 Å². The van der Waals surface area contributed by atoms with E-state index in [9.17, 15) is 24.8 Å². The molecule has 2 aromatic carbocycles. The average Bonchev–Trinajstić information content (AvgIpc) is 3.36. The molecule has 0 bridgehead atoms. The van der Waals surface area contributed by atoms with Crippen LogP contribution in [0.1, 0.15) is 35.6 Å². The van der Waals surface area contributed by atoms with Gasteiger partial charge in [0.1, 0.15) is 5.76 Å². The molecule has 4 rings (SSSR count). The number of amides is 1. The van der Waals surface area contributed by atoms with Crippen LogP contribution < -0.4 is 0 Å². The van der Waals surface area contributed by atoms with Gasteiger partial charge in [0.25, 0.3) is 17.4 Å². The molecule has 8 heteroatoms. The zero-order valence-electron chi connectivity index (χ0n) is 17.0. The Morgan fingerprint density at radius 1 is 1.23 bits per heavy atom. The number of carbonyl (C=O) groups is 2. The topological polar surface area (TPSA) is 110 Å². The normalized spacial score (nSPS) is 22.8. The highest BCUT2D eigenvalue weighted by molar-refractivity contribution is 6.46. The zero-order chi connectivity index (χ0) is 22.1. The number of aliphatic hydroxyl groups is 1. The first-order valence-electron chi connectivity index (χ1n) is 10.1. The Hall–Kier alpha value is -3.52. The lowest BCUT2D eigenvalue weighted by Crippen LogP contribution is -2.36. The first-order valence-corrected chi connectivity index (χ1v) is 10.1. The van der Waals surface area contributed by atoms with Gasteiger partial charge in [-0.15, -0.1) is 0 Å². The van der Waals surface area contributed by atoms with Crippen LogP contribution >= 0.6 is 0 Å². The molecule has 2 aromatic rings. The summed E-state index contributed by atoms with van der Waals surface area (Å²) < 4.78 is 5.67. The number of hydrogen-bond acceptors (Lipinski definition) is 6. The van der Waals surface area contributed by atoms with E-state index < -0.39 is 22.7 Å². The molecule has 1 N–H and O–H groups in total. The minimum atomic E-state index is -0.777. The van der Waals surface area contributed by atoms with Crippen LogP contribution in [0, 0.1) is 17.0 Å². The molecule has 0 aliphatic carbocycles. The summed E-state index contributed by atoms with van der Waals surface area (Å²) in [5.41, 5.74) is 1.74. The molecule has 2 atom stereocenters. The number of nitro groups is 1. The van der Waals surface area contributed by atoms with Crippen LogP contribution in [0.15, 0.2) is 54.1 Å². The largest absolute Gasteiger partial charge is 0.507 e. The Bertz CT molecular complexity index is 1070. The van der Waals surface area contributed by atoms with Crippen LogP contribution in [-0.4, -0.2) is 45.9 Å². The van der Waals surface area contributed by atoms with E-state index in [1.54, 1.807) is 0 Å². The number of non-ortho nitro benzene ring substituents is 1. The van der Waals surface area contributed by atoms with E-state index in [0.29, 0.717) is 12.2 Å². The van der Waals surface area contributed by atoms with Crippen molar-refractivity contribution in [1.82, 2.24) is 4.90 Å². The standard InChI is InChI=1S/C23H22N2O6/c1-14-4-2-5-16(12-14)20-19(21(26)15-7-9-17(10-8-15)25(29)30)22(27)23(28)24(20)13-18-6-3-11-31-18/h2,4-5,7-10,12,18,20,26H,3,6,11,13H2,1H3/b21-19-. The molecule has 2 aliphatic heterocycles. The molecule has 0 spiro atoms. The SMILES string of the molecule is Cc1cccc(C2/C(=C(/O)c3ccc([N+](=O)[O-])cc3)C(=O)C(=O)N2CC2CCCO2)c1. The van der Waals surface area contributed by atoms with Crippen molar-refractivity contribution in [3.8, 4) is 0 Å². The molecule has 2 unspecified atom stereocenters. The number of nitrogens with zero attached hydrogens (tertiary/aromatic N) is 2. The highest BCUT2D eigenvalue weighted by Crippen LogP contribution is 2.40. The molecule has 1 amide bonds. The minimum Gasteiger partial charge on any atom is -0.507 e. The van der Waals surface area contributed by atoms with E-state index >= 15 is 0 Å². The van der Waals surface area contributed by atoms with Crippen molar-refractivity contribution in [2.75, 3.05) is 13.2 Å². The van der Waals surface area contributed by atoms with Gasteiger partial charge >= 0.3 is 0 Å².